The van der Waals surface area contributed by atoms with Crippen molar-refractivity contribution in [2.45, 2.75) is 41.1 Å². The zero-order chi connectivity index (χ0) is 17.9. The number of nitrogens with zero attached hydrogens (tertiary/aromatic N) is 1. The number of aromatic nitrogens is 2. The van der Waals surface area contributed by atoms with Crippen LogP contribution >= 0.6 is 46.5 Å². The first-order valence-electron chi connectivity index (χ1n) is 8.70. The average Bonchev–Trinajstić information content (AvgIpc) is 3.04. The van der Waals surface area contributed by atoms with E-state index in [1.807, 2.05) is 18.2 Å². The first kappa shape index (κ1) is 18.4. The Bertz CT molecular complexity index is 955. The fourth-order valence-corrected chi connectivity index (χ4v) is 6.60. The first-order chi connectivity index (χ1) is 12.7. The standard InChI is InChI=1S/C19H19ClN2OS3/c20-12(10-24-13-6-2-1-3-7-13)11-25-19-21-17(23)16-14-8-4-5-9-15(14)26-18(16)22-19/h1-3,6-7,12H,4-5,8-11H2,(H,21,22,23)/t12-/m0/s1. The second-order valence-electron chi connectivity index (χ2n) is 6.29. The zero-order valence-corrected chi connectivity index (χ0v) is 17.4. The van der Waals surface area contributed by atoms with Gasteiger partial charge in [0, 0.05) is 21.3 Å². The Morgan fingerprint density at radius 3 is 2.77 bits per heavy atom. The zero-order valence-electron chi connectivity index (χ0n) is 14.2. The number of halogens is 1. The Morgan fingerprint density at radius 1 is 1.15 bits per heavy atom. The van der Waals surface area contributed by atoms with E-state index in [1.54, 1.807) is 23.1 Å². The fourth-order valence-electron chi connectivity index (χ4n) is 3.13. The number of aryl methyl sites for hydroxylation is 2. The Morgan fingerprint density at radius 2 is 1.92 bits per heavy atom. The van der Waals surface area contributed by atoms with Gasteiger partial charge in [-0.05, 0) is 43.4 Å². The van der Waals surface area contributed by atoms with Gasteiger partial charge in [0.1, 0.15) is 4.83 Å². The Balaban J connectivity index is 1.42. The van der Waals surface area contributed by atoms with Crippen molar-refractivity contribution >= 4 is 56.7 Å². The van der Waals surface area contributed by atoms with Crippen LogP contribution in [0.5, 0.6) is 0 Å². The van der Waals surface area contributed by atoms with Crippen molar-refractivity contribution in [1.29, 1.82) is 0 Å². The highest BCUT2D eigenvalue weighted by molar-refractivity contribution is 8.00. The van der Waals surface area contributed by atoms with Gasteiger partial charge in [0.05, 0.1) is 10.8 Å². The van der Waals surface area contributed by atoms with E-state index < -0.39 is 0 Å². The second-order valence-corrected chi connectivity index (χ2v) is 10.1. The SMILES string of the molecule is O=c1[nH]c(SC[C@@H](Cl)CSc2ccccc2)nc2sc3c(c12)CCCC3. The summed E-state index contributed by atoms with van der Waals surface area (Å²) in [5.74, 6) is 1.55. The molecule has 0 radical (unpaired) electrons. The maximum atomic E-state index is 12.5. The van der Waals surface area contributed by atoms with Crippen LogP contribution in [0.25, 0.3) is 10.2 Å². The van der Waals surface area contributed by atoms with E-state index in [0.717, 1.165) is 34.6 Å². The number of thioether (sulfide) groups is 2. The van der Waals surface area contributed by atoms with Crippen molar-refractivity contribution < 1.29 is 0 Å². The molecule has 4 rings (SSSR count). The molecular formula is C19H19ClN2OS3. The van der Waals surface area contributed by atoms with Gasteiger partial charge in [0.2, 0.25) is 0 Å². The number of hydrogen-bond acceptors (Lipinski definition) is 5. The number of rotatable bonds is 6. The quantitative estimate of drug-likeness (QED) is 0.330. The molecule has 2 aromatic heterocycles. The third kappa shape index (κ3) is 4.14. The summed E-state index contributed by atoms with van der Waals surface area (Å²) < 4.78 is 0. The molecule has 0 saturated heterocycles. The van der Waals surface area contributed by atoms with Gasteiger partial charge < -0.3 is 4.98 Å². The van der Waals surface area contributed by atoms with Crippen molar-refractivity contribution in [2.24, 2.45) is 0 Å². The summed E-state index contributed by atoms with van der Waals surface area (Å²) in [5.41, 5.74) is 1.23. The maximum absolute atomic E-state index is 12.5. The molecular weight excluding hydrogens is 404 g/mol. The Labute approximate surface area is 170 Å². The first-order valence-corrected chi connectivity index (χ1v) is 11.9. The lowest BCUT2D eigenvalue weighted by Crippen LogP contribution is -2.12. The summed E-state index contributed by atoms with van der Waals surface area (Å²) in [4.78, 5) is 23.6. The van der Waals surface area contributed by atoms with Gasteiger partial charge in [0.25, 0.3) is 5.56 Å². The van der Waals surface area contributed by atoms with Gasteiger partial charge in [-0.2, -0.15) is 0 Å². The van der Waals surface area contributed by atoms with Gasteiger partial charge in [-0.15, -0.1) is 34.7 Å². The molecule has 0 aliphatic heterocycles. The highest BCUT2D eigenvalue weighted by Gasteiger charge is 2.20. The van der Waals surface area contributed by atoms with E-state index in [-0.39, 0.29) is 10.9 Å². The minimum atomic E-state index is 0.00156. The number of alkyl halides is 1. The molecule has 3 nitrogen and oxygen atoms in total. The lowest BCUT2D eigenvalue weighted by molar-refractivity contribution is 0.700. The molecule has 1 N–H and O–H groups in total. The highest BCUT2D eigenvalue weighted by Crippen LogP contribution is 2.34. The number of fused-ring (bicyclic) bond motifs is 3. The maximum Gasteiger partial charge on any atom is 0.260 e. The van der Waals surface area contributed by atoms with Crippen molar-refractivity contribution in [3.8, 4) is 0 Å². The predicted molar refractivity (Wildman–Crippen MR) is 114 cm³/mol. The molecule has 0 unspecified atom stereocenters. The molecule has 136 valence electrons. The number of hydrogen-bond donors (Lipinski definition) is 1. The normalized spacial score (nSPS) is 15.1. The molecule has 3 aromatic rings. The number of nitrogens with one attached hydrogen (secondary N) is 1. The average molecular weight is 423 g/mol. The van der Waals surface area contributed by atoms with Crippen molar-refractivity contribution in [3.05, 3.63) is 51.1 Å². The van der Waals surface area contributed by atoms with Gasteiger partial charge >= 0.3 is 0 Å². The minimum Gasteiger partial charge on any atom is -0.301 e. The van der Waals surface area contributed by atoms with Crippen LogP contribution in [0, 0.1) is 0 Å². The molecule has 1 aromatic carbocycles. The van der Waals surface area contributed by atoms with Gasteiger partial charge in [-0.3, -0.25) is 4.79 Å². The minimum absolute atomic E-state index is 0.00156. The predicted octanol–water partition coefficient (Wildman–Crippen LogP) is 5.36. The third-order valence-electron chi connectivity index (χ3n) is 4.38. The van der Waals surface area contributed by atoms with Crippen LogP contribution in [-0.2, 0) is 12.8 Å². The Kier molecular flexibility index (Phi) is 5.93. The van der Waals surface area contributed by atoms with Crippen molar-refractivity contribution in [1.82, 2.24) is 9.97 Å². The highest BCUT2D eigenvalue weighted by atomic mass is 35.5. The molecule has 7 heteroatoms. The van der Waals surface area contributed by atoms with Crippen LogP contribution in [0.15, 0.2) is 45.2 Å². The van der Waals surface area contributed by atoms with Gasteiger partial charge in [-0.25, -0.2) is 4.98 Å². The molecule has 26 heavy (non-hydrogen) atoms. The molecule has 0 fully saturated rings. The smallest absolute Gasteiger partial charge is 0.260 e. The van der Waals surface area contributed by atoms with E-state index in [1.165, 1.54) is 39.9 Å². The summed E-state index contributed by atoms with van der Waals surface area (Å²) in [7, 11) is 0. The summed E-state index contributed by atoms with van der Waals surface area (Å²) in [5, 5.41) is 1.51. The van der Waals surface area contributed by atoms with Crippen LogP contribution in [-0.4, -0.2) is 26.9 Å². The lowest BCUT2D eigenvalue weighted by atomic mass is 9.97. The molecule has 0 saturated carbocycles. The molecule has 0 amide bonds. The van der Waals surface area contributed by atoms with E-state index in [2.05, 4.69) is 17.1 Å². The molecule has 0 bridgehead atoms. The number of thiophene rings is 1. The largest absolute Gasteiger partial charge is 0.301 e. The van der Waals surface area contributed by atoms with E-state index >= 15 is 0 Å². The van der Waals surface area contributed by atoms with Crippen molar-refractivity contribution in [3.63, 3.8) is 0 Å². The van der Waals surface area contributed by atoms with E-state index in [0.29, 0.717) is 5.16 Å². The molecule has 2 heterocycles. The summed E-state index contributed by atoms with van der Waals surface area (Å²) in [6.45, 7) is 0. The molecule has 1 aliphatic carbocycles. The molecule has 1 atom stereocenters. The summed E-state index contributed by atoms with van der Waals surface area (Å²) >= 11 is 11.4. The van der Waals surface area contributed by atoms with Gasteiger partial charge in [-0.1, -0.05) is 30.0 Å². The van der Waals surface area contributed by atoms with Crippen LogP contribution < -0.4 is 5.56 Å². The third-order valence-corrected chi connectivity index (χ3v) is 8.45. The molecule has 0 spiro atoms. The summed E-state index contributed by atoms with van der Waals surface area (Å²) in [6.07, 6.45) is 4.47. The second kappa shape index (κ2) is 8.38. The molecule has 1 aliphatic rings. The van der Waals surface area contributed by atoms with Crippen LogP contribution in [0.4, 0.5) is 0 Å². The lowest BCUT2D eigenvalue weighted by Gasteiger charge is -2.10. The number of benzene rings is 1. The van der Waals surface area contributed by atoms with Crippen molar-refractivity contribution in [2.75, 3.05) is 11.5 Å². The van der Waals surface area contributed by atoms with Gasteiger partial charge in [0.15, 0.2) is 5.16 Å². The van der Waals surface area contributed by atoms with Crippen LogP contribution in [0.2, 0.25) is 0 Å². The monoisotopic (exact) mass is 422 g/mol. The summed E-state index contributed by atoms with van der Waals surface area (Å²) in [6, 6.07) is 10.3. The van der Waals surface area contributed by atoms with Crippen LogP contribution in [0.3, 0.4) is 0 Å². The fraction of sp³-hybridized carbons (Fsp3) is 0.368. The van der Waals surface area contributed by atoms with E-state index in [9.17, 15) is 4.79 Å². The number of H-pyrrole nitrogens is 1. The van der Waals surface area contributed by atoms with E-state index in [4.69, 9.17) is 16.6 Å². The Hall–Kier alpha value is -0.950. The van der Waals surface area contributed by atoms with Crippen LogP contribution in [0.1, 0.15) is 23.3 Å². The topological polar surface area (TPSA) is 45.8 Å². The number of aromatic amines is 1.